The monoisotopic (exact) mass is 307 g/mol. The van der Waals surface area contributed by atoms with Crippen LogP contribution in [-0.2, 0) is 26.7 Å². The lowest BCUT2D eigenvalue weighted by Crippen LogP contribution is -2.37. The molecule has 0 aliphatic heterocycles. The Balaban J connectivity index is 2.60. The molecule has 0 fully saturated rings. The van der Waals surface area contributed by atoms with E-state index in [1.54, 1.807) is 19.1 Å². The summed E-state index contributed by atoms with van der Waals surface area (Å²) in [5.41, 5.74) is 0.885. The second-order valence-electron chi connectivity index (χ2n) is 4.29. The molecule has 0 saturated heterocycles. The van der Waals surface area contributed by atoms with Crippen LogP contribution < -0.4 is 15.0 Å². The van der Waals surface area contributed by atoms with Crippen LogP contribution in [0.4, 0.5) is 0 Å². The second-order valence-corrected chi connectivity index (χ2v) is 7.18. The third kappa shape index (κ3) is 6.12. The van der Waals surface area contributed by atoms with Gasteiger partial charge in [-0.15, -0.1) is 0 Å². The number of sulfonamides is 1. The van der Waals surface area contributed by atoms with Gasteiger partial charge >= 0.3 is 0 Å². The summed E-state index contributed by atoms with van der Waals surface area (Å²) in [4.78, 5) is 0.0481. The highest BCUT2D eigenvalue weighted by Crippen LogP contribution is 2.11. The second kappa shape index (κ2) is 5.97. The minimum atomic E-state index is -3.70. The predicted octanol–water partition coefficient (Wildman–Crippen LogP) is -0.552. The highest BCUT2D eigenvalue weighted by molar-refractivity contribution is 7.89. The van der Waals surface area contributed by atoms with Gasteiger partial charge in [0.25, 0.3) is 10.2 Å². The van der Waals surface area contributed by atoms with Crippen LogP contribution in [0.1, 0.15) is 18.9 Å². The Hall–Kier alpha value is -1.00. The molecule has 7 nitrogen and oxygen atoms in total. The highest BCUT2D eigenvalue weighted by Gasteiger charge is 2.10. The van der Waals surface area contributed by atoms with Gasteiger partial charge in [-0.05, 0) is 37.5 Å². The van der Waals surface area contributed by atoms with Gasteiger partial charge in [0.1, 0.15) is 0 Å². The first kappa shape index (κ1) is 16.1. The molecule has 1 aromatic rings. The molecule has 0 bridgehead atoms. The van der Waals surface area contributed by atoms with Gasteiger partial charge in [-0.2, -0.15) is 13.1 Å². The van der Waals surface area contributed by atoms with Gasteiger partial charge in [0.2, 0.25) is 10.0 Å². The first-order valence-electron chi connectivity index (χ1n) is 5.50. The molecule has 0 aliphatic rings. The molecular weight excluding hydrogens is 290 g/mol. The summed E-state index contributed by atoms with van der Waals surface area (Å²) in [6, 6.07) is 5.82. The Morgan fingerprint density at radius 3 is 2.05 bits per heavy atom. The topological polar surface area (TPSA) is 132 Å². The predicted molar refractivity (Wildman–Crippen MR) is 71.8 cm³/mol. The van der Waals surface area contributed by atoms with E-state index in [2.05, 4.69) is 4.72 Å². The first-order valence-corrected chi connectivity index (χ1v) is 8.59. The van der Waals surface area contributed by atoms with E-state index in [0.717, 1.165) is 5.56 Å². The number of aryl methyl sites for hydroxylation is 1. The van der Waals surface area contributed by atoms with Crippen LogP contribution in [0.5, 0.6) is 0 Å². The quantitative estimate of drug-likeness (QED) is 0.650. The minimum Gasteiger partial charge on any atom is -0.225 e. The molecule has 1 atom stereocenters. The largest absolute Gasteiger partial charge is 0.274 e. The van der Waals surface area contributed by atoms with Gasteiger partial charge in [-0.1, -0.05) is 12.1 Å². The van der Waals surface area contributed by atoms with E-state index in [-0.39, 0.29) is 10.9 Å². The number of rotatable bonds is 6. The van der Waals surface area contributed by atoms with Crippen LogP contribution >= 0.6 is 0 Å². The van der Waals surface area contributed by atoms with Gasteiger partial charge in [0.15, 0.2) is 0 Å². The van der Waals surface area contributed by atoms with E-state index in [9.17, 15) is 16.8 Å². The lowest BCUT2D eigenvalue weighted by molar-refractivity contribution is 0.548. The molecule has 5 N–H and O–H groups in total. The molecule has 9 heteroatoms. The van der Waals surface area contributed by atoms with E-state index in [4.69, 9.17) is 10.3 Å². The number of nitrogens with one attached hydrogen (secondary N) is 1. The van der Waals surface area contributed by atoms with Crippen molar-refractivity contribution in [2.24, 2.45) is 10.3 Å². The lowest BCUT2D eigenvalue weighted by atomic mass is 10.1. The van der Waals surface area contributed by atoms with E-state index >= 15 is 0 Å². The Bertz CT molecular complexity index is 623. The van der Waals surface area contributed by atoms with Gasteiger partial charge in [-0.3, -0.25) is 0 Å². The number of benzene rings is 1. The Morgan fingerprint density at radius 2 is 1.63 bits per heavy atom. The van der Waals surface area contributed by atoms with Crippen molar-refractivity contribution in [3.8, 4) is 0 Å². The lowest BCUT2D eigenvalue weighted by Gasteiger charge is -2.11. The summed E-state index contributed by atoms with van der Waals surface area (Å²) in [5.74, 6) is 0. The summed E-state index contributed by atoms with van der Waals surface area (Å²) in [6.45, 7) is 1.70. The molecule has 19 heavy (non-hydrogen) atoms. The maximum Gasteiger partial charge on any atom is 0.274 e. The molecule has 1 aromatic carbocycles. The highest BCUT2D eigenvalue weighted by atomic mass is 32.2. The average molecular weight is 307 g/mol. The normalized spacial score (nSPS) is 14.3. The van der Waals surface area contributed by atoms with E-state index < -0.39 is 20.2 Å². The molecule has 0 saturated carbocycles. The Morgan fingerprint density at radius 1 is 1.11 bits per heavy atom. The van der Waals surface area contributed by atoms with Crippen molar-refractivity contribution >= 4 is 20.2 Å². The summed E-state index contributed by atoms with van der Waals surface area (Å²) >= 11 is 0. The zero-order chi connectivity index (χ0) is 14.7. The SMILES string of the molecule is CC(CCc1ccc(S(N)(=O)=O)cc1)NS(N)(=O)=O. The summed E-state index contributed by atoms with van der Waals surface area (Å²) in [7, 11) is -7.38. The maximum absolute atomic E-state index is 11.1. The van der Waals surface area contributed by atoms with E-state index in [1.165, 1.54) is 12.1 Å². The van der Waals surface area contributed by atoms with E-state index in [1.807, 2.05) is 0 Å². The Labute approximate surface area is 113 Å². The van der Waals surface area contributed by atoms with Crippen LogP contribution in [0.3, 0.4) is 0 Å². The third-order valence-electron chi connectivity index (χ3n) is 2.48. The fourth-order valence-electron chi connectivity index (χ4n) is 1.57. The average Bonchev–Trinajstić information content (AvgIpc) is 2.23. The van der Waals surface area contributed by atoms with Crippen molar-refractivity contribution in [2.75, 3.05) is 0 Å². The summed E-state index contributed by atoms with van der Waals surface area (Å²) < 4.78 is 46.0. The fourth-order valence-corrected chi connectivity index (χ4v) is 2.76. The molecule has 1 rings (SSSR count). The van der Waals surface area contributed by atoms with Crippen molar-refractivity contribution in [3.63, 3.8) is 0 Å². The van der Waals surface area contributed by atoms with Gasteiger partial charge < -0.3 is 0 Å². The smallest absolute Gasteiger partial charge is 0.225 e. The van der Waals surface area contributed by atoms with Crippen molar-refractivity contribution in [1.82, 2.24) is 4.72 Å². The molecule has 0 radical (unpaired) electrons. The van der Waals surface area contributed by atoms with Gasteiger partial charge in [0, 0.05) is 6.04 Å². The van der Waals surface area contributed by atoms with Gasteiger partial charge in [0.05, 0.1) is 4.90 Å². The molecule has 0 aliphatic carbocycles. The molecule has 0 heterocycles. The van der Waals surface area contributed by atoms with Crippen molar-refractivity contribution in [2.45, 2.75) is 30.7 Å². The van der Waals surface area contributed by atoms with Gasteiger partial charge in [-0.25, -0.2) is 18.7 Å². The van der Waals surface area contributed by atoms with Crippen molar-refractivity contribution in [1.29, 1.82) is 0 Å². The number of nitrogens with two attached hydrogens (primary N) is 2. The zero-order valence-corrected chi connectivity index (χ0v) is 12.0. The van der Waals surface area contributed by atoms with Crippen LogP contribution in [0.2, 0.25) is 0 Å². The number of hydrogen-bond donors (Lipinski definition) is 3. The van der Waals surface area contributed by atoms with E-state index in [0.29, 0.717) is 12.8 Å². The zero-order valence-electron chi connectivity index (χ0n) is 10.4. The molecule has 0 spiro atoms. The minimum absolute atomic E-state index is 0.0481. The molecule has 0 amide bonds. The number of primary sulfonamides is 1. The maximum atomic E-state index is 11.1. The molecule has 1 unspecified atom stereocenters. The van der Waals surface area contributed by atoms with Crippen LogP contribution in [0.25, 0.3) is 0 Å². The Kier molecular flexibility index (Phi) is 5.04. The number of hydrogen-bond acceptors (Lipinski definition) is 4. The van der Waals surface area contributed by atoms with Crippen LogP contribution in [0.15, 0.2) is 29.2 Å². The first-order chi connectivity index (χ1) is 8.58. The van der Waals surface area contributed by atoms with Crippen molar-refractivity contribution in [3.05, 3.63) is 29.8 Å². The summed E-state index contributed by atoms with van der Waals surface area (Å²) in [5, 5.41) is 9.83. The van der Waals surface area contributed by atoms with Crippen molar-refractivity contribution < 1.29 is 16.8 Å². The molecule has 108 valence electrons. The summed E-state index contributed by atoms with van der Waals surface area (Å²) in [6.07, 6.45) is 1.14. The van der Waals surface area contributed by atoms with Crippen LogP contribution in [-0.4, -0.2) is 22.9 Å². The van der Waals surface area contributed by atoms with Crippen LogP contribution in [0, 0.1) is 0 Å². The molecule has 0 aromatic heterocycles. The fraction of sp³-hybridized carbons (Fsp3) is 0.400. The molecular formula is C10H17N3O4S2. The standard InChI is InChI=1S/C10H17N3O4S2/c1-8(13-19(12,16)17)2-3-9-4-6-10(7-5-9)18(11,14)15/h4-8,13H,2-3H2,1H3,(H2,11,14,15)(H2,12,16,17). The third-order valence-corrected chi connectivity index (χ3v) is 4.14.